The summed E-state index contributed by atoms with van der Waals surface area (Å²) in [5, 5.41) is 8.39. The molecule has 0 radical (unpaired) electrons. The van der Waals surface area contributed by atoms with E-state index in [1.165, 1.54) is 16.3 Å². The average Bonchev–Trinajstić information content (AvgIpc) is 3.34. The van der Waals surface area contributed by atoms with E-state index in [2.05, 4.69) is 26.0 Å². The van der Waals surface area contributed by atoms with Crippen LogP contribution < -0.4 is 19.2 Å². The molecular weight excluding hydrogens is 554 g/mol. The summed E-state index contributed by atoms with van der Waals surface area (Å²) in [5.41, 5.74) is 1.94. The molecule has 0 saturated carbocycles. The van der Waals surface area contributed by atoms with Gasteiger partial charge in [0.15, 0.2) is 11.5 Å². The van der Waals surface area contributed by atoms with E-state index in [0.29, 0.717) is 33.5 Å². The maximum absolute atomic E-state index is 13.8. The number of hydrazone groups is 1. The van der Waals surface area contributed by atoms with Gasteiger partial charge >= 0.3 is 0 Å². The van der Waals surface area contributed by atoms with Gasteiger partial charge in [-0.05, 0) is 53.2 Å². The fraction of sp³-hybridized carbons (Fsp3) is 0.107. The first-order valence-corrected chi connectivity index (χ1v) is 12.8. The van der Waals surface area contributed by atoms with Gasteiger partial charge in [0, 0.05) is 15.6 Å². The zero-order chi connectivity index (χ0) is 25.9. The largest absolute Gasteiger partial charge is 0.493 e. The SMILES string of the molecule is COc1cc(/C=N/N(C(=O)c2ccc3ccccc3c2)c2nc3ccc(Br)cc3s2)cc(OC)c1OC. The van der Waals surface area contributed by atoms with Gasteiger partial charge in [-0.25, -0.2) is 4.98 Å². The zero-order valence-corrected chi connectivity index (χ0v) is 22.7. The topological polar surface area (TPSA) is 73.2 Å². The van der Waals surface area contributed by atoms with Crippen LogP contribution in [0.3, 0.4) is 0 Å². The molecule has 0 aliphatic carbocycles. The van der Waals surface area contributed by atoms with Crippen molar-refractivity contribution in [3.63, 3.8) is 0 Å². The van der Waals surface area contributed by atoms with Crippen LogP contribution in [0.5, 0.6) is 17.2 Å². The summed E-state index contributed by atoms with van der Waals surface area (Å²) in [6.45, 7) is 0. The van der Waals surface area contributed by atoms with Crippen LogP contribution in [0.1, 0.15) is 15.9 Å². The number of carbonyl (C=O) groups is 1. The Kier molecular flexibility index (Phi) is 7.07. The molecule has 0 spiro atoms. The van der Waals surface area contributed by atoms with Crippen molar-refractivity contribution >= 4 is 65.5 Å². The second kappa shape index (κ2) is 10.6. The highest BCUT2D eigenvalue weighted by Gasteiger charge is 2.22. The van der Waals surface area contributed by atoms with Gasteiger partial charge < -0.3 is 14.2 Å². The maximum Gasteiger partial charge on any atom is 0.280 e. The first kappa shape index (κ1) is 24.7. The van der Waals surface area contributed by atoms with Crippen molar-refractivity contribution in [1.29, 1.82) is 0 Å². The van der Waals surface area contributed by atoms with E-state index in [1.54, 1.807) is 45.7 Å². The monoisotopic (exact) mass is 575 g/mol. The van der Waals surface area contributed by atoms with Gasteiger partial charge in [-0.3, -0.25) is 4.79 Å². The van der Waals surface area contributed by atoms with Gasteiger partial charge in [-0.15, -0.1) is 0 Å². The van der Waals surface area contributed by atoms with Gasteiger partial charge in [0.1, 0.15) is 0 Å². The normalized spacial score (nSPS) is 11.2. The number of benzene rings is 4. The van der Waals surface area contributed by atoms with Gasteiger partial charge in [-0.2, -0.15) is 10.1 Å². The highest BCUT2D eigenvalue weighted by molar-refractivity contribution is 9.10. The van der Waals surface area contributed by atoms with Crippen molar-refractivity contribution < 1.29 is 19.0 Å². The Hall–Kier alpha value is -3.95. The molecule has 37 heavy (non-hydrogen) atoms. The molecule has 5 aromatic rings. The van der Waals surface area contributed by atoms with Crippen LogP contribution in [0.15, 0.2) is 82.4 Å². The van der Waals surface area contributed by atoms with Crippen molar-refractivity contribution in [3.05, 3.63) is 88.4 Å². The minimum absolute atomic E-state index is 0.299. The smallest absolute Gasteiger partial charge is 0.280 e. The molecule has 1 aromatic heterocycles. The summed E-state index contributed by atoms with van der Waals surface area (Å²) < 4.78 is 18.2. The third-order valence-corrected chi connectivity index (χ3v) is 7.21. The summed E-state index contributed by atoms with van der Waals surface area (Å²) in [7, 11) is 4.64. The number of aromatic nitrogens is 1. The Morgan fingerprint density at radius 2 is 1.65 bits per heavy atom. The summed E-state index contributed by atoms with van der Waals surface area (Å²) in [4.78, 5) is 18.5. The summed E-state index contributed by atoms with van der Waals surface area (Å²) in [6, 6.07) is 22.8. The van der Waals surface area contributed by atoms with Gasteiger partial charge in [0.25, 0.3) is 5.91 Å². The minimum atomic E-state index is -0.299. The van der Waals surface area contributed by atoms with Crippen molar-refractivity contribution in [1.82, 2.24) is 4.98 Å². The van der Waals surface area contributed by atoms with Crippen LogP contribution in [-0.4, -0.2) is 38.4 Å². The lowest BCUT2D eigenvalue weighted by molar-refractivity contribution is 0.0988. The van der Waals surface area contributed by atoms with Crippen molar-refractivity contribution in [2.45, 2.75) is 0 Å². The molecule has 186 valence electrons. The molecule has 1 amide bonds. The fourth-order valence-corrected chi connectivity index (χ4v) is 5.38. The van der Waals surface area contributed by atoms with Crippen LogP contribution in [0.2, 0.25) is 0 Å². The molecule has 9 heteroatoms. The number of hydrogen-bond acceptors (Lipinski definition) is 7. The number of amides is 1. The number of methoxy groups -OCH3 is 3. The first-order valence-electron chi connectivity index (χ1n) is 11.2. The Morgan fingerprint density at radius 3 is 2.35 bits per heavy atom. The van der Waals surface area contributed by atoms with Gasteiger partial charge in [0.05, 0.1) is 37.8 Å². The molecule has 5 rings (SSSR count). The molecule has 0 saturated heterocycles. The van der Waals surface area contributed by atoms with E-state index >= 15 is 0 Å². The Labute approximate surface area is 226 Å². The number of rotatable bonds is 7. The number of nitrogens with zero attached hydrogens (tertiary/aromatic N) is 3. The van der Waals surface area contributed by atoms with Crippen molar-refractivity contribution in [3.8, 4) is 17.2 Å². The van der Waals surface area contributed by atoms with E-state index in [-0.39, 0.29) is 5.91 Å². The van der Waals surface area contributed by atoms with Crippen LogP contribution in [0.4, 0.5) is 5.13 Å². The zero-order valence-electron chi connectivity index (χ0n) is 20.3. The summed E-state index contributed by atoms with van der Waals surface area (Å²) >= 11 is 4.89. The van der Waals surface area contributed by atoms with Crippen LogP contribution in [0, 0.1) is 0 Å². The predicted molar refractivity (Wildman–Crippen MR) is 152 cm³/mol. The molecule has 1 heterocycles. The number of fused-ring (bicyclic) bond motifs is 2. The van der Waals surface area contributed by atoms with E-state index < -0.39 is 0 Å². The average molecular weight is 576 g/mol. The number of thiazole rings is 1. The third-order valence-electron chi connectivity index (χ3n) is 5.72. The van der Waals surface area contributed by atoms with Gasteiger partial charge in [0.2, 0.25) is 10.9 Å². The molecule has 0 bridgehead atoms. The number of hydrogen-bond donors (Lipinski definition) is 0. The Balaban J connectivity index is 1.60. The molecule has 7 nitrogen and oxygen atoms in total. The lowest BCUT2D eigenvalue weighted by Gasteiger charge is -2.15. The number of anilines is 1. The highest BCUT2D eigenvalue weighted by Crippen LogP contribution is 2.38. The molecule has 0 N–H and O–H groups in total. The molecule has 0 aliphatic heterocycles. The molecule has 0 fully saturated rings. The van der Waals surface area contributed by atoms with Crippen LogP contribution in [0.25, 0.3) is 21.0 Å². The predicted octanol–water partition coefficient (Wildman–Crippen LogP) is 6.92. The molecule has 0 aliphatic rings. The van der Waals surface area contributed by atoms with Gasteiger partial charge in [-0.1, -0.05) is 57.6 Å². The van der Waals surface area contributed by atoms with E-state index in [4.69, 9.17) is 14.2 Å². The van der Waals surface area contributed by atoms with Crippen LogP contribution in [-0.2, 0) is 0 Å². The van der Waals surface area contributed by atoms with Crippen LogP contribution >= 0.6 is 27.3 Å². The summed E-state index contributed by atoms with van der Waals surface area (Å²) in [6.07, 6.45) is 1.57. The van der Waals surface area contributed by atoms with E-state index in [1.807, 2.05) is 54.6 Å². The lowest BCUT2D eigenvalue weighted by atomic mass is 10.1. The lowest BCUT2D eigenvalue weighted by Crippen LogP contribution is -2.25. The Bertz CT molecular complexity index is 1620. The Morgan fingerprint density at radius 1 is 0.919 bits per heavy atom. The quantitative estimate of drug-likeness (QED) is 0.155. The first-order chi connectivity index (χ1) is 18.0. The highest BCUT2D eigenvalue weighted by atomic mass is 79.9. The number of halogens is 1. The van der Waals surface area contributed by atoms with E-state index in [0.717, 1.165) is 25.5 Å². The number of carbonyl (C=O) groups excluding carboxylic acids is 1. The number of ether oxygens (including phenoxy) is 3. The maximum atomic E-state index is 13.8. The second-order valence-electron chi connectivity index (χ2n) is 7.99. The molecule has 0 unspecified atom stereocenters. The second-order valence-corrected chi connectivity index (χ2v) is 9.92. The standard InChI is InChI=1S/C28H22BrN3O4S/c1-34-23-12-17(13-24(35-2)26(23)36-3)16-30-32(28-31-22-11-10-21(29)15-25(22)37-28)27(33)20-9-8-18-6-4-5-7-19(18)14-20/h4-16H,1-3H3/b30-16+. The fourth-order valence-electron chi connectivity index (χ4n) is 3.91. The molecule has 0 atom stereocenters. The molecule has 4 aromatic carbocycles. The summed E-state index contributed by atoms with van der Waals surface area (Å²) in [5.74, 6) is 1.15. The molecular formula is C28H22BrN3O4S. The third kappa shape index (κ3) is 5.00. The van der Waals surface area contributed by atoms with Crippen molar-refractivity contribution in [2.24, 2.45) is 5.10 Å². The van der Waals surface area contributed by atoms with E-state index in [9.17, 15) is 4.79 Å². The minimum Gasteiger partial charge on any atom is -0.493 e. The van der Waals surface area contributed by atoms with Crippen molar-refractivity contribution in [2.75, 3.05) is 26.3 Å².